The number of allylic oxidation sites excluding steroid dienone is 1. The van der Waals surface area contributed by atoms with Gasteiger partial charge in [0.1, 0.15) is 12.4 Å². The van der Waals surface area contributed by atoms with E-state index in [0.717, 1.165) is 15.9 Å². The molecule has 1 aliphatic heterocycles. The minimum Gasteiger partial charge on any atom is -0.488 e. The molecule has 0 N–H and O–H groups in total. The van der Waals surface area contributed by atoms with E-state index in [2.05, 4.69) is 11.1 Å². The number of hydrogen-bond acceptors (Lipinski definition) is 7. The zero-order valence-corrected chi connectivity index (χ0v) is 24.0. The van der Waals surface area contributed by atoms with Crippen LogP contribution in [-0.4, -0.2) is 23.3 Å². The number of hydrogen-bond donors (Lipinski definition) is 0. The monoisotopic (exact) mass is 623 g/mol. The summed E-state index contributed by atoms with van der Waals surface area (Å²) in [5.74, 6) is -0.845. The van der Waals surface area contributed by atoms with E-state index < -0.39 is 35.0 Å². The first kappa shape index (κ1) is 29.8. The summed E-state index contributed by atoms with van der Waals surface area (Å²) in [4.78, 5) is 30.4. The first-order valence-corrected chi connectivity index (χ1v) is 14.1. The molecule has 2 heterocycles. The fraction of sp³-hybridized carbons (Fsp3) is 0.161. The number of para-hydroxylation sites is 1. The van der Waals surface area contributed by atoms with Crippen molar-refractivity contribution >= 4 is 35.0 Å². The van der Waals surface area contributed by atoms with Crippen LogP contribution in [-0.2, 0) is 16.1 Å². The number of nitrogens with zero attached hydrogens (tertiary/aromatic N) is 3. The van der Waals surface area contributed by atoms with E-state index in [4.69, 9.17) is 21.1 Å². The third kappa shape index (κ3) is 6.11. The molecule has 1 aromatic heterocycles. The minimum absolute atomic E-state index is 0.0674. The number of fused-ring (bicyclic) bond motifs is 1. The summed E-state index contributed by atoms with van der Waals surface area (Å²) in [6, 6.07) is 20.2. The standard InChI is InChI=1S/C31H21ClF3N3O4S/c1-2-41-29(40)25-26(18-11-13-22(32)14-12-18)38-28(39)24(43-30(38)37-27(25)31(33,34)35)15-19-7-5-6-10-23(19)42-17-21-9-4-3-8-20(21)16-36/h3-15,26H,2,17H2,1H3/b24-15-/t26-/m1/s1. The number of esters is 1. The van der Waals surface area contributed by atoms with Gasteiger partial charge in [0.15, 0.2) is 10.5 Å². The summed E-state index contributed by atoms with van der Waals surface area (Å²) in [5.41, 5.74) is -1.07. The first-order chi connectivity index (χ1) is 20.6. The number of thiazole rings is 1. The Kier molecular flexibility index (Phi) is 8.52. The van der Waals surface area contributed by atoms with Crippen LogP contribution >= 0.6 is 22.9 Å². The number of nitriles is 1. The highest BCUT2D eigenvalue weighted by atomic mass is 35.5. The van der Waals surface area contributed by atoms with E-state index in [1.165, 1.54) is 37.3 Å². The normalized spacial score (nSPS) is 15.0. The molecule has 3 aromatic carbocycles. The molecule has 0 aliphatic carbocycles. The Bertz CT molecular complexity index is 1960. The van der Waals surface area contributed by atoms with Gasteiger partial charge < -0.3 is 9.47 Å². The molecule has 218 valence electrons. The number of rotatable bonds is 7. The highest BCUT2D eigenvalue weighted by Gasteiger charge is 2.45. The number of aromatic nitrogens is 1. The van der Waals surface area contributed by atoms with Crippen molar-refractivity contribution in [3.8, 4) is 11.8 Å². The van der Waals surface area contributed by atoms with Gasteiger partial charge in [0, 0.05) is 16.1 Å². The topological polar surface area (TPSA) is 93.7 Å². The highest BCUT2D eigenvalue weighted by Crippen LogP contribution is 2.38. The van der Waals surface area contributed by atoms with Crippen LogP contribution < -0.4 is 19.6 Å². The second-order valence-electron chi connectivity index (χ2n) is 9.21. The van der Waals surface area contributed by atoms with E-state index in [1.807, 2.05) is 0 Å². The molecular weight excluding hydrogens is 603 g/mol. The van der Waals surface area contributed by atoms with Crippen LogP contribution in [0.1, 0.15) is 35.2 Å². The highest BCUT2D eigenvalue weighted by molar-refractivity contribution is 7.07. The summed E-state index contributed by atoms with van der Waals surface area (Å²) in [5, 5.41) is 9.70. The maximum absolute atomic E-state index is 14.3. The third-order valence-corrected chi connectivity index (χ3v) is 7.74. The fourth-order valence-corrected chi connectivity index (χ4v) is 5.70. The number of ether oxygens (including phenoxy) is 2. The molecule has 0 amide bonds. The maximum atomic E-state index is 14.3. The van der Waals surface area contributed by atoms with E-state index in [0.29, 0.717) is 27.5 Å². The van der Waals surface area contributed by atoms with Gasteiger partial charge in [-0.2, -0.15) is 18.4 Å². The molecule has 0 radical (unpaired) electrons. The summed E-state index contributed by atoms with van der Waals surface area (Å²) in [6.07, 6.45) is -3.52. The first-order valence-electron chi connectivity index (χ1n) is 12.9. The van der Waals surface area contributed by atoms with Crippen molar-refractivity contribution in [2.75, 3.05) is 6.61 Å². The zero-order chi connectivity index (χ0) is 30.7. The van der Waals surface area contributed by atoms with Crippen LogP contribution in [0.15, 0.2) is 93.9 Å². The van der Waals surface area contributed by atoms with Gasteiger partial charge >= 0.3 is 12.1 Å². The lowest BCUT2D eigenvalue weighted by atomic mass is 9.95. The number of carbonyl (C=O) groups excluding carboxylic acids is 1. The molecule has 12 heteroatoms. The van der Waals surface area contributed by atoms with E-state index in [9.17, 15) is 28.0 Å². The van der Waals surface area contributed by atoms with Crippen molar-refractivity contribution in [1.82, 2.24) is 4.57 Å². The molecule has 5 rings (SSSR count). The molecule has 0 bridgehead atoms. The van der Waals surface area contributed by atoms with Crippen LogP contribution in [0.3, 0.4) is 0 Å². The van der Waals surface area contributed by atoms with Gasteiger partial charge in [0.25, 0.3) is 5.56 Å². The Morgan fingerprint density at radius 2 is 1.81 bits per heavy atom. The predicted octanol–water partition coefficient (Wildman–Crippen LogP) is 5.44. The van der Waals surface area contributed by atoms with Crippen molar-refractivity contribution in [1.29, 1.82) is 5.26 Å². The molecule has 1 atom stereocenters. The average Bonchev–Trinajstić information content (AvgIpc) is 3.30. The summed E-state index contributed by atoms with van der Waals surface area (Å²) in [6.45, 7) is 1.36. The SMILES string of the molecule is CCOC(=O)C1=C(C(F)(F)F)N=c2s/c(=C\c3ccccc3OCc3ccccc3C#N)c(=O)n2[C@@H]1c1ccc(Cl)cc1. The smallest absolute Gasteiger partial charge is 0.434 e. The second-order valence-corrected chi connectivity index (χ2v) is 10.7. The molecule has 7 nitrogen and oxygen atoms in total. The van der Waals surface area contributed by atoms with Gasteiger partial charge in [-0.05, 0) is 42.8 Å². The van der Waals surface area contributed by atoms with Crippen molar-refractivity contribution in [2.45, 2.75) is 25.7 Å². The van der Waals surface area contributed by atoms with Crippen LogP contribution in [0.5, 0.6) is 5.75 Å². The summed E-state index contributed by atoms with van der Waals surface area (Å²) in [7, 11) is 0. The van der Waals surface area contributed by atoms with Crippen molar-refractivity contribution in [2.24, 2.45) is 4.99 Å². The molecule has 0 unspecified atom stereocenters. The molecule has 43 heavy (non-hydrogen) atoms. The molecule has 4 aromatic rings. The van der Waals surface area contributed by atoms with Crippen molar-refractivity contribution in [3.05, 3.63) is 131 Å². The Morgan fingerprint density at radius 1 is 1.12 bits per heavy atom. The van der Waals surface area contributed by atoms with E-state index in [-0.39, 0.29) is 28.1 Å². The maximum Gasteiger partial charge on any atom is 0.434 e. The van der Waals surface area contributed by atoms with Crippen LogP contribution in [0, 0.1) is 11.3 Å². The van der Waals surface area contributed by atoms with Gasteiger partial charge in [0.2, 0.25) is 0 Å². The van der Waals surface area contributed by atoms with Crippen molar-refractivity contribution in [3.63, 3.8) is 0 Å². The molecule has 1 aliphatic rings. The Balaban J connectivity index is 1.67. The molecule has 0 spiro atoms. The largest absolute Gasteiger partial charge is 0.488 e. The lowest BCUT2D eigenvalue weighted by molar-refractivity contribution is -0.140. The Morgan fingerprint density at radius 3 is 2.51 bits per heavy atom. The lowest BCUT2D eigenvalue weighted by Crippen LogP contribution is -2.41. The quantitative estimate of drug-likeness (QED) is 0.256. The average molecular weight is 624 g/mol. The zero-order valence-electron chi connectivity index (χ0n) is 22.4. The fourth-order valence-electron chi connectivity index (χ4n) is 4.58. The second kappa shape index (κ2) is 12.3. The Labute approximate surface area is 252 Å². The van der Waals surface area contributed by atoms with Crippen molar-refractivity contribution < 1.29 is 27.4 Å². The third-order valence-electron chi connectivity index (χ3n) is 6.51. The predicted molar refractivity (Wildman–Crippen MR) is 154 cm³/mol. The number of carbonyl (C=O) groups is 1. The number of alkyl halides is 3. The van der Waals surface area contributed by atoms with Crippen LogP contribution in [0.4, 0.5) is 13.2 Å². The molecule has 0 fully saturated rings. The van der Waals surface area contributed by atoms with Gasteiger partial charge in [0.05, 0.1) is 34.4 Å². The van der Waals surface area contributed by atoms with E-state index in [1.54, 1.807) is 48.5 Å². The summed E-state index contributed by atoms with van der Waals surface area (Å²) >= 11 is 6.77. The van der Waals surface area contributed by atoms with Gasteiger partial charge in [-0.15, -0.1) is 0 Å². The molecular formula is C31H21ClF3N3O4S. The number of benzene rings is 3. The van der Waals surface area contributed by atoms with E-state index >= 15 is 0 Å². The molecule has 0 saturated carbocycles. The number of halogens is 4. The van der Waals surface area contributed by atoms with Crippen LogP contribution in [0.2, 0.25) is 5.02 Å². The van der Waals surface area contributed by atoms with Gasteiger partial charge in [-0.1, -0.05) is 71.5 Å². The van der Waals surface area contributed by atoms with Gasteiger partial charge in [-0.3, -0.25) is 9.36 Å². The lowest BCUT2D eigenvalue weighted by Gasteiger charge is -2.26. The van der Waals surface area contributed by atoms with Gasteiger partial charge in [-0.25, -0.2) is 9.79 Å². The Hall–Kier alpha value is -4.66. The summed E-state index contributed by atoms with van der Waals surface area (Å²) < 4.78 is 55.1. The minimum atomic E-state index is -5.01. The molecule has 0 saturated heterocycles. The van der Waals surface area contributed by atoms with Crippen LogP contribution in [0.25, 0.3) is 6.08 Å².